The molecule has 0 bridgehead atoms. The molecular formula is C16H26ClNO. The molecule has 19 heavy (non-hydrogen) atoms. The van der Waals surface area contributed by atoms with Crippen molar-refractivity contribution in [3.63, 3.8) is 0 Å². The molecule has 0 saturated carbocycles. The van der Waals surface area contributed by atoms with Crippen LogP contribution >= 0.6 is 11.6 Å². The highest BCUT2D eigenvalue weighted by molar-refractivity contribution is 6.32. The zero-order valence-corrected chi connectivity index (χ0v) is 13.3. The van der Waals surface area contributed by atoms with Crippen LogP contribution in [-0.4, -0.2) is 12.6 Å². The SMILES string of the molecule is CCCOc1c(Cl)cc(CC(C)N)cc1C(C)CC. The Hall–Kier alpha value is -0.730. The minimum Gasteiger partial charge on any atom is -0.492 e. The van der Waals surface area contributed by atoms with Crippen molar-refractivity contribution in [3.05, 3.63) is 28.3 Å². The number of benzene rings is 1. The van der Waals surface area contributed by atoms with Crippen LogP contribution in [0.1, 0.15) is 57.6 Å². The van der Waals surface area contributed by atoms with E-state index in [1.54, 1.807) is 0 Å². The Morgan fingerprint density at radius 2 is 1.95 bits per heavy atom. The Kier molecular flexibility index (Phi) is 6.67. The van der Waals surface area contributed by atoms with Crippen LogP contribution in [0.3, 0.4) is 0 Å². The van der Waals surface area contributed by atoms with E-state index in [1.807, 2.05) is 13.0 Å². The van der Waals surface area contributed by atoms with Crippen molar-refractivity contribution >= 4 is 11.6 Å². The number of ether oxygens (including phenoxy) is 1. The zero-order valence-electron chi connectivity index (χ0n) is 12.5. The summed E-state index contributed by atoms with van der Waals surface area (Å²) in [6, 6.07) is 4.33. The lowest BCUT2D eigenvalue weighted by Gasteiger charge is -2.19. The van der Waals surface area contributed by atoms with Crippen LogP contribution in [0.15, 0.2) is 12.1 Å². The zero-order chi connectivity index (χ0) is 14.4. The molecule has 0 radical (unpaired) electrons. The summed E-state index contributed by atoms with van der Waals surface area (Å²) in [6.45, 7) is 9.20. The molecule has 0 aromatic heterocycles. The lowest BCUT2D eigenvalue weighted by Crippen LogP contribution is -2.18. The fourth-order valence-electron chi connectivity index (χ4n) is 2.11. The summed E-state index contributed by atoms with van der Waals surface area (Å²) < 4.78 is 5.84. The minimum absolute atomic E-state index is 0.142. The fraction of sp³-hybridized carbons (Fsp3) is 0.625. The lowest BCUT2D eigenvalue weighted by atomic mass is 9.94. The highest BCUT2D eigenvalue weighted by Gasteiger charge is 2.16. The molecule has 2 unspecified atom stereocenters. The summed E-state index contributed by atoms with van der Waals surface area (Å²) in [4.78, 5) is 0. The van der Waals surface area contributed by atoms with Crippen LogP contribution in [0.2, 0.25) is 5.02 Å². The van der Waals surface area contributed by atoms with Gasteiger partial charge < -0.3 is 10.5 Å². The average Bonchev–Trinajstić information content (AvgIpc) is 2.35. The van der Waals surface area contributed by atoms with Gasteiger partial charge in [0.25, 0.3) is 0 Å². The van der Waals surface area contributed by atoms with E-state index in [1.165, 1.54) is 11.1 Å². The van der Waals surface area contributed by atoms with Crippen molar-refractivity contribution in [1.29, 1.82) is 0 Å². The van der Waals surface area contributed by atoms with Gasteiger partial charge in [0.2, 0.25) is 0 Å². The summed E-state index contributed by atoms with van der Waals surface area (Å²) in [7, 11) is 0. The van der Waals surface area contributed by atoms with Gasteiger partial charge in [0.1, 0.15) is 5.75 Å². The molecule has 1 aromatic rings. The smallest absolute Gasteiger partial charge is 0.141 e. The highest BCUT2D eigenvalue weighted by Crippen LogP contribution is 2.36. The predicted octanol–water partition coefficient (Wildman–Crippen LogP) is 4.53. The van der Waals surface area contributed by atoms with Crippen molar-refractivity contribution in [1.82, 2.24) is 0 Å². The molecule has 0 amide bonds. The van der Waals surface area contributed by atoms with Gasteiger partial charge in [0.15, 0.2) is 0 Å². The maximum absolute atomic E-state index is 6.39. The molecule has 0 aliphatic rings. The quantitative estimate of drug-likeness (QED) is 0.798. The molecule has 0 spiro atoms. The Balaban J connectivity index is 3.14. The molecule has 2 nitrogen and oxygen atoms in total. The maximum Gasteiger partial charge on any atom is 0.141 e. The molecule has 1 rings (SSSR count). The molecule has 2 N–H and O–H groups in total. The standard InChI is InChI=1S/C16H26ClNO/c1-5-7-19-16-14(11(3)6-2)9-13(8-12(4)18)10-15(16)17/h9-12H,5-8,18H2,1-4H3. The largest absolute Gasteiger partial charge is 0.492 e. The van der Waals surface area contributed by atoms with E-state index in [2.05, 4.69) is 26.8 Å². The van der Waals surface area contributed by atoms with Crippen LogP contribution in [0, 0.1) is 0 Å². The fourth-order valence-corrected chi connectivity index (χ4v) is 2.41. The number of hydrogen-bond donors (Lipinski definition) is 1. The van der Waals surface area contributed by atoms with Crippen molar-refractivity contribution in [3.8, 4) is 5.75 Å². The normalized spacial score (nSPS) is 14.2. The van der Waals surface area contributed by atoms with E-state index < -0.39 is 0 Å². The van der Waals surface area contributed by atoms with Gasteiger partial charge in [0.05, 0.1) is 11.6 Å². The molecule has 0 aliphatic carbocycles. The first-order valence-electron chi connectivity index (χ1n) is 7.20. The van der Waals surface area contributed by atoms with Gasteiger partial charge in [0, 0.05) is 6.04 Å². The molecule has 3 heteroatoms. The van der Waals surface area contributed by atoms with E-state index in [0.717, 1.165) is 25.0 Å². The summed E-state index contributed by atoms with van der Waals surface area (Å²) in [5.41, 5.74) is 8.28. The molecule has 2 atom stereocenters. The van der Waals surface area contributed by atoms with Gasteiger partial charge in [-0.05, 0) is 49.3 Å². The Morgan fingerprint density at radius 1 is 1.26 bits per heavy atom. The van der Waals surface area contributed by atoms with Crippen molar-refractivity contribution in [2.45, 2.75) is 58.9 Å². The molecular weight excluding hydrogens is 258 g/mol. The first kappa shape index (κ1) is 16.3. The average molecular weight is 284 g/mol. The topological polar surface area (TPSA) is 35.2 Å². The van der Waals surface area contributed by atoms with Crippen LogP contribution in [0.4, 0.5) is 0 Å². The third kappa shape index (κ3) is 4.70. The van der Waals surface area contributed by atoms with E-state index >= 15 is 0 Å². The summed E-state index contributed by atoms with van der Waals surface area (Å²) in [5.74, 6) is 1.30. The van der Waals surface area contributed by atoms with Gasteiger partial charge >= 0.3 is 0 Å². The Labute approximate surface area is 122 Å². The summed E-state index contributed by atoms with van der Waals surface area (Å²) >= 11 is 6.39. The molecule has 0 heterocycles. The van der Waals surface area contributed by atoms with Crippen LogP contribution in [-0.2, 0) is 6.42 Å². The van der Waals surface area contributed by atoms with Crippen molar-refractivity contribution < 1.29 is 4.74 Å². The summed E-state index contributed by atoms with van der Waals surface area (Å²) in [5, 5.41) is 0.710. The van der Waals surface area contributed by atoms with E-state index in [-0.39, 0.29) is 6.04 Å². The van der Waals surface area contributed by atoms with Gasteiger partial charge in [-0.25, -0.2) is 0 Å². The Morgan fingerprint density at radius 3 is 2.47 bits per heavy atom. The van der Waals surface area contributed by atoms with Crippen LogP contribution in [0.25, 0.3) is 0 Å². The molecule has 0 fully saturated rings. The number of hydrogen-bond acceptors (Lipinski definition) is 2. The van der Waals surface area contributed by atoms with Gasteiger partial charge in [-0.3, -0.25) is 0 Å². The molecule has 0 aliphatic heterocycles. The lowest BCUT2D eigenvalue weighted by molar-refractivity contribution is 0.312. The number of halogens is 1. The van der Waals surface area contributed by atoms with E-state index in [0.29, 0.717) is 17.5 Å². The third-order valence-electron chi connectivity index (χ3n) is 3.28. The molecule has 108 valence electrons. The van der Waals surface area contributed by atoms with Crippen molar-refractivity contribution in [2.24, 2.45) is 5.73 Å². The predicted molar refractivity (Wildman–Crippen MR) is 83.3 cm³/mol. The second-order valence-corrected chi connectivity index (χ2v) is 5.74. The van der Waals surface area contributed by atoms with Crippen LogP contribution < -0.4 is 10.5 Å². The van der Waals surface area contributed by atoms with Gasteiger partial charge in [-0.15, -0.1) is 0 Å². The maximum atomic E-state index is 6.39. The molecule has 0 saturated heterocycles. The summed E-state index contributed by atoms with van der Waals surface area (Å²) in [6.07, 6.45) is 2.90. The first-order chi connectivity index (χ1) is 8.99. The van der Waals surface area contributed by atoms with E-state index in [4.69, 9.17) is 22.1 Å². The van der Waals surface area contributed by atoms with Crippen LogP contribution in [0.5, 0.6) is 5.75 Å². The number of rotatable bonds is 7. The first-order valence-corrected chi connectivity index (χ1v) is 7.58. The second kappa shape index (κ2) is 7.76. The van der Waals surface area contributed by atoms with Gasteiger partial charge in [-0.1, -0.05) is 38.4 Å². The third-order valence-corrected chi connectivity index (χ3v) is 3.56. The van der Waals surface area contributed by atoms with Gasteiger partial charge in [-0.2, -0.15) is 0 Å². The number of nitrogens with two attached hydrogens (primary N) is 1. The second-order valence-electron chi connectivity index (χ2n) is 5.34. The highest BCUT2D eigenvalue weighted by atomic mass is 35.5. The molecule has 1 aromatic carbocycles. The van der Waals surface area contributed by atoms with Crippen molar-refractivity contribution in [2.75, 3.05) is 6.61 Å². The minimum atomic E-state index is 0.142. The monoisotopic (exact) mass is 283 g/mol. The van der Waals surface area contributed by atoms with E-state index in [9.17, 15) is 0 Å². The Bertz CT molecular complexity index is 404.